The van der Waals surface area contributed by atoms with E-state index in [0.717, 1.165) is 38.5 Å². The van der Waals surface area contributed by atoms with E-state index in [4.69, 9.17) is 10.5 Å². The maximum atomic E-state index is 13.4. The zero-order chi connectivity index (χ0) is 23.1. The van der Waals surface area contributed by atoms with Crippen molar-refractivity contribution in [2.45, 2.75) is 109 Å². The van der Waals surface area contributed by atoms with Gasteiger partial charge in [0.15, 0.2) is 0 Å². The molecule has 2 rings (SSSR count). The Morgan fingerprint density at radius 1 is 1.10 bits per heavy atom. The van der Waals surface area contributed by atoms with Crippen LogP contribution in [0.3, 0.4) is 0 Å². The van der Waals surface area contributed by atoms with Crippen molar-refractivity contribution in [2.75, 3.05) is 6.54 Å². The summed E-state index contributed by atoms with van der Waals surface area (Å²) in [6.07, 6.45) is 9.07. The maximum Gasteiger partial charge on any atom is 0.309 e. The van der Waals surface area contributed by atoms with Crippen molar-refractivity contribution in [2.24, 2.45) is 23.0 Å². The molecule has 31 heavy (non-hydrogen) atoms. The first kappa shape index (κ1) is 25.6. The predicted octanol–water partition coefficient (Wildman–Crippen LogP) is 3.78. The van der Waals surface area contributed by atoms with E-state index in [0.29, 0.717) is 45.1 Å². The number of aliphatic carboxylic acids is 1. The summed E-state index contributed by atoms with van der Waals surface area (Å²) in [5, 5.41) is 12.4. The number of nitrogens with two attached hydrogens (primary N) is 1. The minimum atomic E-state index is -0.741. The standard InChI is InChI=1S/C24H42N2O5/c1-23(2,3)31-21(29)18(8-4-7-15-25)16-24(13-5-6-14-24)22(30)26-19-11-9-17(10-12-19)20(27)28/h17-19H,4-16,25H2,1-3H3,(H,26,30)(H,27,28)/t17-,18?,19+. The molecule has 2 aliphatic carbocycles. The first-order valence-corrected chi connectivity index (χ1v) is 12.0. The summed E-state index contributed by atoms with van der Waals surface area (Å²) < 4.78 is 5.69. The van der Waals surface area contributed by atoms with Crippen molar-refractivity contribution < 1.29 is 24.2 Å². The molecule has 1 unspecified atom stereocenters. The number of nitrogens with one attached hydrogen (secondary N) is 1. The van der Waals surface area contributed by atoms with E-state index >= 15 is 0 Å². The quantitative estimate of drug-likeness (QED) is 0.353. The van der Waals surface area contributed by atoms with Crippen molar-refractivity contribution in [3.63, 3.8) is 0 Å². The van der Waals surface area contributed by atoms with Gasteiger partial charge in [0.05, 0.1) is 17.3 Å². The van der Waals surface area contributed by atoms with Crippen LogP contribution in [-0.4, -0.2) is 41.1 Å². The molecule has 2 fully saturated rings. The average molecular weight is 439 g/mol. The molecule has 4 N–H and O–H groups in total. The molecule has 0 saturated heterocycles. The van der Waals surface area contributed by atoms with Crippen LogP contribution >= 0.6 is 0 Å². The zero-order valence-electron chi connectivity index (χ0n) is 19.6. The van der Waals surface area contributed by atoms with E-state index < -0.39 is 17.0 Å². The van der Waals surface area contributed by atoms with Crippen molar-refractivity contribution in [1.29, 1.82) is 0 Å². The van der Waals surface area contributed by atoms with Gasteiger partial charge in [-0.3, -0.25) is 14.4 Å². The Morgan fingerprint density at radius 2 is 1.71 bits per heavy atom. The summed E-state index contributed by atoms with van der Waals surface area (Å²) >= 11 is 0. The van der Waals surface area contributed by atoms with Gasteiger partial charge in [-0.25, -0.2) is 0 Å². The second kappa shape index (κ2) is 11.3. The fourth-order valence-corrected chi connectivity index (χ4v) is 5.09. The number of carboxylic acid groups (broad SMARTS) is 1. The number of hydrogen-bond donors (Lipinski definition) is 3. The molecular weight excluding hydrogens is 396 g/mol. The number of rotatable bonds is 10. The van der Waals surface area contributed by atoms with E-state index in [9.17, 15) is 19.5 Å². The second-order valence-electron chi connectivity index (χ2n) is 10.6. The number of carbonyl (C=O) groups excluding carboxylic acids is 2. The first-order chi connectivity index (χ1) is 14.6. The van der Waals surface area contributed by atoms with Crippen molar-refractivity contribution in [3.8, 4) is 0 Å². The molecule has 0 aromatic rings. The van der Waals surface area contributed by atoms with E-state index in [1.807, 2.05) is 20.8 Å². The number of ether oxygens (including phenoxy) is 1. The highest BCUT2D eigenvalue weighted by Crippen LogP contribution is 2.45. The number of carboxylic acids is 1. The van der Waals surface area contributed by atoms with Gasteiger partial charge in [-0.15, -0.1) is 0 Å². The highest BCUT2D eigenvalue weighted by Gasteiger charge is 2.45. The minimum Gasteiger partial charge on any atom is -0.481 e. The molecule has 0 heterocycles. The lowest BCUT2D eigenvalue weighted by Gasteiger charge is -2.35. The normalized spacial score (nSPS) is 24.4. The third-order valence-electron chi connectivity index (χ3n) is 6.84. The molecule has 0 aromatic carbocycles. The van der Waals surface area contributed by atoms with Gasteiger partial charge in [-0.05, 0) is 85.1 Å². The third kappa shape index (κ3) is 7.78. The Balaban J connectivity index is 2.06. The Labute approximate surface area is 186 Å². The highest BCUT2D eigenvalue weighted by molar-refractivity contribution is 5.84. The van der Waals surface area contributed by atoms with Crippen molar-refractivity contribution in [1.82, 2.24) is 5.32 Å². The SMILES string of the molecule is CC(C)(C)OC(=O)C(CCCCN)CC1(C(=O)N[C@H]2CC[C@@H](C(=O)O)CC2)CCCC1. The predicted molar refractivity (Wildman–Crippen MR) is 119 cm³/mol. The molecule has 178 valence electrons. The van der Waals surface area contributed by atoms with Crippen molar-refractivity contribution >= 4 is 17.8 Å². The second-order valence-corrected chi connectivity index (χ2v) is 10.6. The van der Waals surface area contributed by atoms with E-state index in [1.54, 1.807) is 0 Å². The molecular formula is C24H42N2O5. The molecule has 2 saturated carbocycles. The van der Waals surface area contributed by atoms with Gasteiger partial charge in [0.2, 0.25) is 5.91 Å². The van der Waals surface area contributed by atoms with Crippen molar-refractivity contribution in [3.05, 3.63) is 0 Å². The number of hydrogen-bond acceptors (Lipinski definition) is 5. The average Bonchev–Trinajstić information content (AvgIpc) is 3.16. The molecule has 7 heteroatoms. The number of unbranched alkanes of at least 4 members (excludes halogenated alkanes) is 1. The number of amides is 1. The molecule has 0 bridgehead atoms. The van der Waals surface area contributed by atoms with Crippen LogP contribution in [0.5, 0.6) is 0 Å². The van der Waals surface area contributed by atoms with E-state index in [2.05, 4.69) is 5.32 Å². The summed E-state index contributed by atoms with van der Waals surface area (Å²) in [5.74, 6) is -1.53. The van der Waals surface area contributed by atoms with Gasteiger partial charge in [0, 0.05) is 6.04 Å². The Hall–Kier alpha value is -1.63. The fourth-order valence-electron chi connectivity index (χ4n) is 5.09. The summed E-state index contributed by atoms with van der Waals surface area (Å²) in [4.78, 5) is 37.6. The summed E-state index contributed by atoms with van der Waals surface area (Å²) in [7, 11) is 0. The van der Waals surface area contributed by atoms with Gasteiger partial charge in [0.1, 0.15) is 5.60 Å². The molecule has 0 radical (unpaired) electrons. The van der Waals surface area contributed by atoms with Gasteiger partial charge < -0.3 is 20.9 Å². The lowest BCUT2D eigenvalue weighted by Crippen LogP contribution is -2.47. The smallest absolute Gasteiger partial charge is 0.309 e. The zero-order valence-corrected chi connectivity index (χ0v) is 19.6. The topological polar surface area (TPSA) is 119 Å². The lowest BCUT2D eigenvalue weighted by molar-refractivity contribution is -0.162. The van der Waals surface area contributed by atoms with Gasteiger partial charge in [-0.2, -0.15) is 0 Å². The molecule has 1 amide bonds. The van der Waals surface area contributed by atoms with E-state index in [-0.39, 0.29) is 29.8 Å². The summed E-state index contributed by atoms with van der Waals surface area (Å²) in [6, 6.07) is 0.0257. The maximum absolute atomic E-state index is 13.4. The van der Waals surface area contributed by atoms with Crippen LogP contribution < -0.4 is 11.1 Å². The monoisotopic (exact) mass is 438 g/mol. The van der Waals surface area contributed by atoms with Crippen LogP contribution in [-0.2, 0) is 19.1 Å². The fraction of sp³-hybridized carbons (Fsp3) is 0.875. The third-order valence-corrected chi connectivity index (χ3v) is 6.84. The van der Waals surface area contributed by atoms with Crippen LogP contribution in [0.1, 0.15) is 97.8 Å². The van der Waals surface area contributed by atoms with E-state index in [1.165, 1.54) is 0 Å². The highest BCUT2D eigenvalue weighted by atomic mass is 16.6. The lowest BCUT2D eigenvalue weighted by atomic mass is 9.75. The Kier molecular flexibility index (Phi) is 9.34. The summed E-state index contributed by atoms with van der Waals surface area (Å²) in [6.45, 7) is 6.19. The Bertz CT molecular complexity index is 614. The molecule has 7 nitrogen and oxygen atoms in total. The molecule has 0 spiro atoms. The van der Waals surface area contributed by atoms with Gasteiger partial charge >= 0.3 is 11.9 Å². The largest absolute Gasteiger partial charge is 0.481 e. The molecule has 2 aliphatic rings. The molecule has 0 aliphatic heterocycles. The van der Waals surface area contributed by atoms with Crippen LogP contribution in [0.4, 0.5) is 0 Å². The summed E-state index contributed by atoms with van der Waals surface area (Å²) in [5.41, 5.74) is 4.55. The number of carbonyl (C=O) groups is 3. The minimum absolute atomic E-state index is 0.0257. The van der Waals surface area contributed by atoms with Crippen LogP contribution in [0.2, 0.25) is 0 Å². The molecule has 1 atom stereocenters. The van der Waals surface area contributed by atoms with Gasteiger partial charge in [0.25, 0.3) is 0 Å². The van der Waals surface area contributed by atoms with Gasteiger partial charge in [-0.1, -0.05) is 19.3 Å². The van der Waals surface area contributed by atoms with Crippen LogP contribution in [0.15, 0.2) is 0 Å². The molecule has 0 aromatic heterocycles. The van der Waals surface area contributed by atoms with Crippen LogP contribution in [0, 0.1) is 17.3 Å². The Morgan fingerprint density at radius 3 is 2.23 bits per heavy atom. The van der Waals surface area contributed by atoms with Crippen LogP contribution in [0.25, 0.3) is 0 Å². The first-order valence-electron chi connectivity index (χ1n) is 12.0. The number of esters is 1.